The molecule has 0 aromatic rings. The smallest absolute Gasteiger partial charge is 0.222 e. The van der Waals surface area contributed by atoms with E-state index in [1.54, 1.807) is 19.1 Å². The molecule has 0 aromatic heterocycles. The molecule has 2 heterocycles. The van der Waals surface area contributed by atoms with Gasteiger partial charge in [0.2, 0.25) is 23.4 Å². The van der Waals surface area contributed by atoms with Crippen LogP contribution in [0.5, 0.6) is 0 Å². The first kappa shape index (κ1) is 25.0. The minimum atomic E-state index is -0.415. The molecule has 190 valence electrons. The zero-order chi connectivity index (χ0) is 25.1. The lowest BCUT2D eigenvalue weighted by Gasteiger charge is -2.41. The van der Waals surface area contributed by atoms with Crippen molar-refractivity contribution in [2.45, 2.75) is 40.5 Å². The highest BCUT2D eigenvalue weighted by Gasteiger charge is 2.34. The molecule has 3 unspecified atom stereocenters. The van der Waals surface area contributed by atoms with E-state index in [0.717, 1.165) is 51.1 Å². The summed E-state index contributed by atoms with van der Waals surface area (Å²) in [7, 11) is 0. The van der Waals surface area contributed by atoms with Gasteiger partial charge < -0.3 is 20.1 Å². The summed E-state index contributed by atoms with van der Waals surface area (Å²) in [6, 6.07) is 0. The Morgan fingerprint density at radius 2 is 1.89 bits per heavy atom. The Morgan fingerprint density at radius 1 is 1.20 bits per heavy atom. The molecule has 1 saturated heterocycles. The molecular weight excluding hydrogens is 446 g/mol. The molecular formula is C26H36N5O4-. The van der Waals surface area contributed by atoms with Crippen molar-refractivity contribution in [3.8, 4) is 0 Å². The Hall–Kier alpha value is -3.07. The van der Waals surface area contributed by atoms with Gasteiger partial charge >= 0.3 is 0 Å². The maximum atomic E-state index is 11.6. The molecule has 1 N–H and O–H groups in total. The normalized spacial score (nSPS) is 27.1. The summed E-state index contributed by atoms with van der Waals surface area (Å²) in [5.41, 5.74) is 5.10. The minimum absolute atomic E-state index is 0.0477. The lowest BCUT2D eigenvalue weighted by molar-refractivity contribution is -0.377. The van der Waals surface area contributed by atoms with E-state index in [1.807, 2.05) is 4.90 Å². The van der Waals surface area contributed by atoms with Crippen LogP contribution in [0, 0.1) is 34.1 Å². The molecule has 0 radical (unpaired) electrons. The van der Waals surface area contributed by atoms with Crippen LogP contribution in [0.15, 0.2) is 52.5 Å². The van der Waals surface area contributed by atoms with Crippen molar-refractivity contribution in [2.24, 2.45) is 28.8 Å². The first-order valence-electron chi connectivity index (χ1n) is 12.5. The third-order valence-corrected chi connectivity index (χ3v) is 7.63. The molecule has 3 atom stereocenters. The Labute approximate surface area is 207 Å². The number of hydrogen-bond acceptors (Lipinski definition) is 7. The molecule has 9 nitrogen and oxygen atoms in total. The highest BCUT2D eigenvalue weighted by atomic mass is 16.8. The first-order valence-corrected chi connectivity index (χ1v) is 12.5. The van der Waals surface area contributed by atoms with Gasteiger partial charge in [0, 0.05) is 63.8 Å². The van der Waals surface area contributed by atoms with Gasteiger partial charge in [0.25, 0.3) is 0 Å². The Kier molecular flexibility index (Phi) is 7.64. The van der Waals surface area contributed by atoms with Gasteiger partial charge in [-0.3, -0.25) is 9.69 Å². The number of hydrazone groups is 1. The monoisotopic (exact) mass is 482 g/mol. The van der Waals surface area contributed by atoms with E-state index < -0.39 is 4.90 Å². The molecule has 2 aliphatic carbocycles. The molecule has 1 fully saturated rings. The number of ether oxygens (including phenoxy) is 1. The van der Waals surface area contributed by atoms with Crippen LogP contribution in [0.1, 0.15) is 40.5 Å². The molecule has 9 heteroatoms. The van der Waals surface area contributed by atoms with E-state index in [2.05, 4.69) is 42.3 Å². The Balaban J connectivity index is 1.37. The number of amides is 1. The van der Waals surface area contributed by atoms with Gasteiger partial charge in [0.05, 0.1) is 0 Å². The largest absolute Gasteiger partial charge is 0.612 e. The van der Waals surface area contributed by atoms with E-state index in [-0.39, 0.29) is 11.6 Å². The zero-order valence-electron chi connectivity index (χ0n) is 21.1. The number of carbonyl (C=O) groups is 1. The molecule has 4 rings (SSSR count). The third kappa shape index (κ3) is 5.96. The molecule has 1 amide bonds. The zero-order valence-corrected chi connectivity index (χ0v) is 21.1. The number of carbonyl (C=O) groups excluding carboxylic acids is 1. The van der Waals surface area contributed by atoms with Crippen molar-refractivity contribution in [1.82, 2.24) is 15.2 Å². The number of allylic oxidation sites excluding steroid dienone is 6. The molecule has 0 bridgehead atoms. The number of nitrogens with zero attached hydrogens (tertiary/aromatic N) is 4. The van der Waals surface area contributed by atoms with Gasteiger partial charge in [-0.1, -0.05) is 25.5 Å². The summed E-state index contributed by atoms with van der Waals surface area (Å²) in [4.78, 5) is 15.7. The topological polar surface area (TPSA) is 106 Å². The van der Waals surface area contributed by atoms with Crippen molar-refractivity contribution in [3.63, 3.8) is 0 Å². The highest BCUT2D eigenvalue weighted by Crippen LogP contribution is 2.40. The van der Waals surface area contributed by atoms with Crippen LogP contribution in [0.25, 0.3) is 0 Å². The molecule has 0 spiro atoms. The van der Waals surface area contributed by atoms with Crippen LogP contribution in [0.4, 0.5) is 0 Å². The van der Waals surface area contributed by atoms with Crippen LogP contribution in [0.3, 0.4) is 0 Å². The lowest BCUT2D eigenvalue weighted by atomic mass is 9.69. The van der Waals surface area contributed by atoms with Crippen LogP contribution in [-0.4, -0.2) is 64.9 Å². The van der Waals surface area contributed by atoms with E-state index in [0.29, 0.717) is 35.5 Å². The second-order valence-electron chi connectivity index (χ2n) is 10.3. The van der Waals surface area contributed by atoms with Crippen LogP contribution in [-0.2, 0) is 9.53 Å². The number of rotatable bonds is 5. The summed E-state index contributed by atoms with van der Waals surface area (Å²) in [6.07, 6.45) is 10.5. The molecule has 4 aliphatic rings. The van der Waals surface area contributed by atoms with Crippen LogP contribution in [0.2, 0.25) is 0 Å². The van der Waals surface area contributed by atoms with E-state index in [1.165, 1.54) is 17.7 Å². The van der Waals surface area contributed by atoms with Crippen molar-refractivity contribution in [2.75, 3.05) is 32.7 Å². The van der Waals surface area contributed by atoms with Gasteiger partial charge in [-0.05, 0) is 49.2 Å². The summed E-state index contributed by atoms with van der Waals surface area (Å²) in [6.45, 7) is 13.0. The van der Waals surface area contributed by atoms with E-state index in [4.69, 9.17) is 4.74 Å². The van der Waals surface area contributed by atoms with Crippen molar-refractivity contribution >= 4 is 17.5 Å². The summed E-state index contributed by atoms with van der Waals surface area (Å²) < 4.78 is 5.99. The predicted octanol–water partition coefficient (Wildman–Crippen LogP) is 3.12. The SMILES string of the molecule is CC(=O)N1CCN(CC2C=C(C)C(CC3=NNC(=C4C=CC(=[N+]([O-])[O-])C=C4)O3)CC2C(C)C)CC1. The minimum Gasteiger partial charge on any atom is -0.612 e. The second-order valence-corrected chi connectivity index (χ2v) is 10.3. The van der Waals surface area contributed by atoms with Crippen LogP contribution < -0.4 is 5.43 Å². The first-order chi connectivity index (χ1) is 16.7. The standard InChI is InChI=1S/C26H36N5O4/c1-17(2)24-14-21(18(3)13-22(24)16-29-9-11-30(12-10-29)19(4)32)15-25-27-28-26(35-25)20-5-7-23(8-6-20)31(33)34/h5-8,13,17,21-22,24,28H,9-12,14-16H2,1-4H3/q-1. The fourth-order valence-corrected chi connectivity index (χ4v) is 5.46. The fourth-order valence-electron chi connectivity index (χ4n) is 5.46. The summed E-state index contributed by atoms with van der Waals surface area (Å²) in [5, 5.41) is 26.2. The van der Waals surface area contributed by atoms with E-state index in [9.17, 15) is 15.2 Å². The van der Waals surface area contributed by atoms with Crippen LogP contribution >= 0.6 is 0 Å². The number of nitrogens with one attached hydrogen (secondary N) is 1. The van der Waals surface area contributed by atoms with Gasteiger partial charge in [-0.25, -0.2) is 5.43 Å². The Morgan fingerprint density at radius 3 is 2.49 bits per heavy atom. The third-order valence-electron chi connectivity index (χ3n) is 7.63. The fraction of sp³-hybridized carbons (Fsp3) is 0.577. The van der Waals surface area contributed by atoms with Crippen molar-refractivity contribution < 1.29 is 14.4 Å². The summed E-state index contributed by atoms with van der Waals surface area (Å²) >= 11 is 0. The summed E-state index contributed by atoms with van der Waals surface area (Å²) in [5.74, 6) is 3.33. The molecule has 0 aromatic carbocycles. The van der Waals surface area contributed by atoms with Crippen molar-refractivity contribution in [1.29, 1.82) is 0 Å². The van der Waals surface area contributed by atoms with Gasteiger partial charge in [0.15, 0.2) is 0 Å². The number of hydrogen-bond donors (Lipinski definition) is 1. The molecule has 0 saturated carbocycles. The average molecular weight is 483 g/mol. The highest BCUT2D eigenvalue weighted by molar-refractivity contribution is 6.02. The molecule has 2 aliphatic heterocycles. The van der Waals surface area contributed by atoms with Crippen molar-refractivity contribution in [3.05, 3.63) is 57.8 Å². The molecule has 35 heavy (non-hydrogen) atoms. The Bertz CT molecular complexity index is 993. The number of piperazine rings is 1. The average Bonchev–Trinajstić information content (AvgIpc) is 3.29. The second kappa shape index (κ2) is 10.7. The van der Waals surface area contributed by atoms with E-state index >= 15 is 0 Å². The van der Waals surface area contributed by atoms with Gasteiger partial charge in [0.1, 0.15) is 0 Å². The predicted molar refractivity (Wildman–Crippen MR) is 136 cm³/mol. The maximum Gasteiger partial charge on any atom is 0.222 e. The quantitative estimate of drug-likeness (QED) is 0.367. The lowest BCUT2D eigenvalue weighted by Crippen LogP contribution is -2.50. The van der Waals surface area contributed by atoms with Gasteiger partial charge in [-0.15, -0.1) is 5.10 Å². The maximum absolute atomic E-state index is 11.6. The van der Waals surface area contributed by atoms with Gasteiger partial charge in [-0.2, -0.15) is 4.90 Å².